The van der Waals surface area contributed by atoms with Crippen molar-refractivity contribution in [3.05, 3.63) is 29.8 Å². The van der Waals surface area contributed by atoms with Gasteiger partial charge in [-0.25, -0.2) is 0 Å². The number of nitrogens with two attached hydrogens (primary N) is 3. The maximum atomic E-state index is 11.4. The molecule has 1 atom stereocenters. The molecule has 1 aromatic rings. The molecular formula is C13H20N4O2. The number of hydrogen-bond acceptors (Lipinski definition) is 4. The molecule has 2 amide bonds. The first kappa shape index (κ1) is 15.0. The van der Waals surface area contributed by atoms with Crippen LogP contribution in [0, 0.1) is 0 Å². The van der Waals surface area contributed by atoms with Crippen molar-refractivity contribution >= 4 is 17.5 Å². The third-order valence-corrected chi connectivity index (χ3v) is 2.85. The van der Waals surface area contributed by atoms with Gasteiger partial charge in [0, 0.05) is 12.2 Å². The monoisotopic (exact) mass is 264 g/mol. The van der Waals surface area contributed by atoms with Gasteiger partial charge in [-0.15, -0.1) is 0 Å². The lowest BCUT2D eigenvalue weighted by atomic mass is 10.1. The number of nitrogens with zero attached hydrogens (tertiary/aromatic N) is 1. The lowest BCUT2D eigenvalue weighted by Gasteiger charge is -2.27. The number of anilines is 1. The molecule has 0 radical (unpaired) electrons. The number of primary amides is 2. The Hall–Kier alpha value is -2.08. The maximum Gasteiger partial charge on any atom is 0.234 e. The zero-order valence-corrected chi connectivity index (χ0v) is 11.0. The fraction of sp³-hybridized carbons (Fsp3) is 0.385. The molecule has 0 aliphatic carbocycles. The van der Waals surface area contributed by atoms with Crippen LogP contribution in [-0.2, 0) is 16.1 Å². The predicted octanol–water partition coefficient (Wildman–Crippen LogP) is -0.180. The lowest BCUT2D eigenvalue weighted by Crippen LogP contribution is -2.47. The van der Waals surface area contributed by atoms with E-state index in [1.54, 1.807) is 17.0 Å². The predicted molar refractivity (Wildman–Crippen MR) is 73.7 cm³/mol. The minimum atomic E-state index is -0.520. The summed E-state index contributed by atoms with van der Waals surface area (Å²) in [5.41, 5.74) is 17.8. The van der Waals surface area contributed by atoms with Crippen molar-refractivity contribution < 1.29 is 9.59 Å². The number of hydrogen-bond donors (Lipinski definition) is 3. The number of carbonyl (C=O) groups excluding carboxylic acids is 2. The van der Waals surface area contributed by atoms with Crippen molar-refractivity contribution in [1.82, 2.24) is 4.90 Å². The van der Waals surface area contributed by atoms with Crippen LogP contribution in [0.1, 0.15) is 18.9 Å². The number of nitrogen functional groups attached to an aromatic ring is 1. The van der Waals surface area contributed by atoms with Crippen molar-refractivity contribution in [3.8, 4) is 0 Å². The zero-order valence-electron chi connectivity index (χ0n) is 11.0. The van der Waals surface area contributed by atoms with Gasteiger partial charge >= 0.3 is 0 Å². The Labute approximate surface area is 112 Å². The van der Waals surface area contributed by atoms with E-state index in [1.165, 1.54) is 0 Å². The van der Waals surface area contributed by atoms with Gasteiger partial charge in [0.2, 0.25) is 11.8 Å². The smallest absolute Gasteiger partial charge is 0.234 e. The molecule has 0 aliphatic heterocycles. The molecule has 0 aromatic heterocycles. The average molecular weight is 264 g/mol. The van der Waals surface area contributed by atoms with E-state index in [-0.39, 0.29) is 6.54 Å². The van der Waals surface area contributed by atoms with E-state index >= 15 is 0 Å². The largest absolute Gasteiger partial charge is 0.399 e. The Bertz CT molecular complexity index is 462. The van der Waals surface area contributed by atoms with E-state index < -0.39 is 17.9 Å². The summed E-state index contributed by atoms with van der Waals surface area (Å²) in [5, 5.41) is 0. The maximum absolute atomic E-state index is 11.4. The zero-order chi connectivity index (χ0) is 14.4. The molecule has 6 heteroatoms. The Balaban J connectivity index is 2.90. The molecule has 0 aliphatic rings. The van der Waals surface area contributed by atoms with Gasteiger partial charge < -0.3 is 17.2 Å². The van der Waals surface area contributed by atoms with E-state index in [2.05, 4.69) is 0 Å². The van der Waals surface area contributed by atoms with Gasteiger partial charge in [-0.2, -0.15) is 0 Å². The molecule has 19 heavy (non-hydrogen) atoms. The summed E-state index contributed by atoms with van der Waals surface area (Å²) in [5.74, 6) is -0.962. The molecule has 104 valence electrons. The molecule has 1 aromatic carbocycles. The Morgan fingerprint density at radius 2 is 2.00 bits per heavy atom. The van der Waals surface area contributed by atoms with Crippen molar-refractivity contribution in [2.24, 2.45) is 11.5 Å². The van der Waals surface area contributed by atoms with Crippen molar-refractivity contribution in [3.63, 3.8) is 0 Å². The minimum absolute atomic E-state index is 0.0176. The summed E-state index contributed by atoms with van der Waals surface area (Å²) >= 11 is 0. The molecule has 0 saturated heterocycles. The van der Waals surface area contributed by atoms with Crippen LogP contribution in [0.5, 0.6) is 0 Å². The van der Waals surface area contributed by atoms with Gasteiger partial charge in [-0.1, -0.05) is 19.1 Å². The van der Waals surface area contributed by atoms with E-state index in [4.69, 9.17) is 17.2 Å². The van der Waals surface area contributed by atoms with Crippen LogP contribution in [0.3, 0.4) is 0 Å². The first-order chi connectivity index (χ1) is 8.93. The highest BCUT2D eigenvalue weighted by Crippen LogP contribution is 2.13. The minimum Gasteiger partial charge on any atom is -0.399 e. The topological polar surface area (TPSA) is 115 Å². The van der Waals surface area contributed by atoms with Crippen LogP contribution in [0.15, 0.2) is 24.3 Å². The Morgan fingerprint density at radius 1 is 1.32 bits per heavy atom. The van der Waals surface area contributed by atoms with E-state index in [0.717, 1.165) is 5.56 Å². The molecule has 6 N–H and O–H groups in total. The summed E-state index contributed by atoms with van der Waals surface area (Å²) in [7, 11) is 0. The third-order valence-electron chi connectivity index (χ3n) is 2.85. The second-order valence-corrected chi connectivity index (χ2v) is 4.44. The van der Waals surface area contributed by atoms with Gasteiger partial charge in [0.15, 0.2) is 0 Å². The Morgan fingerprint density at radius 3 is 2.47 bits per heavy atom. The van der Waals surface area contributed by atoms with Crippen molar-refractivity contribution in [2.45, 2.75) is 25.9 Å². The molecular weight excluding hydrogens is 244 g/mol. The molecule has 0 bridgehead atoms. The molecule has 6 nitrogen and oxygen atoms in total. The Kier molecular flexibility index (Phi) is 5.32. The summed E-state index contributed by atoms with van der Waals surface area (Å²) in [6.45, 7) is 2.22. The standard InChI is InChI=1S/C13H20N4O2/c1-2-11(13(16)19)17(8-12(15)18)7-9-4-3-5-10(14)6-9/h3-6,11H,2,7-8,14H2,1H3,(H2,15,18)(H2,16,19). The SMILES string of the molecule is CCC(C(N)=O)N(CC(N)=O)Cc1cccc(N)c1. The molecule has 0 heterocycles. The van der Waals surface area contributed by atoms with Crippen LogP contribution in [-0.4, -0.2) is 29.3 Å². The average Bonchev–Trinajstić information content (AvgIpc) is 2.28. The van der Waals surface area contributed by atoms with Crippen molar-refractivity contribution in [2.75, 3.05) is 12.3 Å². The van der Waals surface area contributed by atoms with E-state index in [1.807, 2.05) is 19.1 Å². The van der Waals surface area contributed by atoms with Gasteiger partial charge in [-0.05, 0) is 24.1 Å². The van der Waals surface area contributed by atoms with E-state index in [9.17, 15) is 9.59 Å². The fourth-order valence-corrected chi connectivity index (χ4v) is 2.04. The molecule has 0 saturated carbocycles. The molecule has 0 spiro atoms. The summed E-state index contributed by atoms with van der Waals surface area (Å²) in [6.07, 6.45) is 0.519. The molecule has 0 fully saturated rings. The van der Waals surface area contributed by atoms with Crippen LogP contribution in [0.25, 0.3) is 0 Å². The number of benzene rings is 1. The lowest BCUT2D eigenvalue weighted by molar-refractivity contribution is -0.126. The highest BCUT2D eigenvalue weighted by molar-refractivity contribution is 5.81. The first-order valence-electron chi connectivity index (χ1n) is 6.10. The van der Waals surface area contributed by atoms with Crippen LogP contribution < -0.4 is 17.2 Å². The van der Waals surface area contributed by atoms with Gasteiger partial charge in [-0.3, -0.25) is 14.5 Å². The third kappa shape index (κ3) is 4.59. The first-order valence-corrected chi connectivity index (χ1v) is 6.10. The number of carbonyl (C=O) groups is 2. The van der Waals surface area contributed by atoms with Crippen LogP contribution >= 0.6 is 0 Å². The van der Waals surface area contributed by atoms with Crippen molar-refractivity contribution in [1.29, 1.82) is 0 Å². The highest BCUT2D eigenvalue weighted by atomic mass is 16.2. The second kappa shape index (κ2) is 6.75. The van der Waals surface area contributed by atoms with Crippen LogP contribution in [0.2, 0.25) is 0 Å². The molecule has 1 rings (SSSR count). The summed E-state index contributed by atoms with van der Waals surface area (Å²) < 4.78 is 0. The summed E-state index contributed by atoms with van der Waals surface area (Å²) in [6, 6.07) is 6.74. The fourth-order valence-electron chi connectivity index (χ4n) is 2.04. The number of rotatable bonds is 7. The molecule has 1 unspecified atom stereocenters. The van der Waals surface area contributed by atoms with E-state index in [0.29, 0.717) is 18.7 Å². The van der Waals surface area contributed by atoms with Gasteiger partial charge in [0.1, 0.15) is 0 Å². The second-order valence-electron chi connectivity index (χ2n) is 4.44. The number of amides is 2. The summed E-state index contributed by atoms with van der Waals surface area (Å²) in [4.78, 5) is 24.2. The van der Waals surface area contributed by atoms with Gasteiger partial charge in [0.05, 0.1) is 12.6 Å². The van der Waals surface area contributed by atoms with Crippen LogP contribution in [0.4, 0.5) is 5.69 Å². The highest BCUT2D eigenvalue weighted by Gasteiger charge is 2.23. The van der Waals surface area contributed by atoms with Gasteiger partial charge in [0.25, 0.3) is 0 Å². The normalized spacial score (nSPS) is 12.3. The quantitative estimate of drug-likeness (QED) is 0.592.